The van der Waals surface area contributed by atoms with Crippen LogP contribution in [0.3, 0.4) is 0 Å². The van der Waals surface area contributed by atoms with E-state index in [1.807, 2.05) is 0 Å². The van der Waals surface area contributed by atoms with Gasteiger partial charge in [-0.05, 0) is 43.4 Å². The van der Waals surface area contributed by atoms with Gasteiger partial charge in [-0.25, -0.2) is 4.79 Å². The Balaban J connectivity index is 1.83. The van der Waals surface area contributed by atoms with Gasteiger partial charge in [0, 0.05) is 6.04 Å². The largest absolute Gasteiger partial charge is 0.446 e. The van der Waals surface area contributed by atoms with E-state index in [4.69, 9.17) is 4.74 Å². The summed E-state index contributed by atoms with van der Waals surface area (Å²) in [5.41, 5.74) is 0. The molecule has 0 aromatic heterocycles. The van der Waals surface area contributed by atoms with Crippen molar-refractivity contribution in [1.29, 1.82) is 0 Å². The molecular formula is C17H31NO2. The molecule has 3 heteroatoms. The fourth-order valence-corrected chi connectivity index (χ4v) is 3.84. The Morgan fingerprint density at radius 2 is 1.80 bits per heavy atom. The van der Waals surface area contributed by atoms with E-state index in [-0.39, 0.29) is 12.2 Å². The molecule has 0 aromatic rings. The highest BCUT2D eigenvalue weighted by Crippen LogP contribution is 2.35. The highest BCUT2D eigenvalue weighted by molar-refractivity contribution is 5.67. The molecular weight excluding hydrogens is 250 g/mol. The van der Waals surface area contributed by atoms with Gasteiger partial charge in [-0.1, -0.05) is 46.5 Å². The van der Waals surface area contributed by atoms with Crippen LogP contribution in [0.1, 0.15) is 72.1 Å². The molecule has 2 fully saturated rings. The minimum Gasteiger partial charge on any atom is -0.446 e. The number of amides is 1. The van der Waals surface area contributed by atoms with Crippen LogP contribution in [0.15, 0.2) is 0 Å². The summed E-state index contributed by atoms with van der Waals surface area (Å²) in [4.78, 5) is 12.1. The van der Waals surface area contributed by atoms with Gasteiger partial charge in [0.1, 0.15) is 6.10 Å². The van der Waals surface area contributed by atoms with Crippen LogP contribution in [-0.2, 0) is 4.74 Å². The van der Waals surface area contributed by atoms with Gasteiger partial charge in [0.2, 0.25) is 0 Å². The summed E-state index contributed by atoms with van der Waals surface area (Å²) in [6, 6.07) is 0.342. The predicted molar refractivity (Wildman–Crippen MR) is 81.6 cm³/mol. The van der Waals surface area contributed by atoms with Gasteiger partial charge >= 0.3 is 6.09 Å². The topological polar surface area (TPSA) is 38.3 Å². The number of carbonyl (C=O) groups excluding carboxylic acids is 1. The lowest BCUT2D eigenvalue weighted by atomic mass is 9.75. The van der Waals surface area contributed by atoms with Crippen molar-refractivity contribution in [2.45, 2.75) is 84.3 Å². The fourth-order valence-electron chi connectivity index (χ4n) is 3.84. The van der Waals surface area contributed by atoms with Crippen LogP contribution < -0.4 is 5.32 Å². The molecule has 0 saturated heterocycles. The summed E-state index contributed by atoms with van der Waals surface area (Å²) >= 11 is 0. The number of carbonyl (C=O) groups is 1. The first-order chi connectivity index (χ1) is 9.56. The molecule has 2 rings (SSSR count). The highest BCUT2D eigenvalue weighted by atomic mass is 16.6. The molecule has 0 radical (unpaired) electrons. The van der Waals surface area contributed by atoms with Crippen LogP contribution in [0.2, 0.25) is 0 Å². The van der Waals surface area contributed by atoms with Gasteiger partial charge in [-0.2, -0.15) is 0 Å². The zero-order valence-electron chi connectivity index (χ0n) is 13.4. The number of nitrogens with one attached hydrogen (secondary N) is 1. The lowest BCUT2D eigenvalue weighted by Gasteiger charge is -2.37. The van der Waals surface area contributed by atoms with Crippen LogP contribution in [0, 0.1) is 17.8 Å². The van der Waals surface area contributed by atoms with Crippen molar-refractivity contribution < 1.29 is 9.53 Å². The Morgan fingerprint density at radius 3 is 2.45 bits per heavy atom. The second-order valence-electron chi connectivity index (χ2n) is 7.25. The summed E-state index contributed by atoms with van der Waals surface area (Å²) < 4.78 is 5.79. The first kappa shape index (κ1) is 15.7. The average Bonchev–Trinajstić information content (AvgIpc) is 2.39. The number of rotatable bonds is 3. The second-order valence-corrected chi connectivity index (χ2v) is 7.25. The molecule has 2 aliphatic rings. The van der Waals surface area contributed by atoms with E-state index in [1.54, 1.807) is 0 Å². The third-order valence-corrected chi connectivity index (χ3v) is 5.15. The lowest BCUT2D eigenvalue weighted by molar-refractivity contribution is 0.00447. The molecule has 3 atom stereocenters. The molecule has 0 bridgehead atoms. The average molecular weight is 281 g/mol. The van der Waals surface area contributed by atoms with Crippen molar-refractivity contribution in [3.05, 3.63) is 0 Å². The van der Waals surface area contributed by atoms with E-state index in [9.17, 15) is 4.79 Å². The van der Waals surface area contributed by atoms with E-state index in [0.29, 0.717) is 23.8 Å². The van der Waals surface area contributed by atoms with Gasteiger partial charge < -0.3 is 10.1 Å². The van der Waals surface area contributed by atoms with Crippen LogP contribution in [0.25, 0.3) is 0 Å². The molecule has 2 saturated carbocycles. The Labute approximate surface area is 123 Å². The van der Waals surface area contributed by atoms with E-state index < -0.39 is 0 Å². The molecule has 0 aromatic carbocycles. The molecule has 1 unspecified atom stereocenters. The number of ether oxygens (including phenoxy) is 1. The van der Waals surface area contributed by atoms with Crippen LogP contribution in [0.5, 0.6) is 0 Å². The molecule has 0 spiro atoms. The highest BCUT2D eigenvalue weighted by Gasteiger charge is 2.33. The molecule has 20 heavy (non-hydrogen) atoms. The minimum absolute atomic E-state index is 0.113. The minimum atomic E-state index is -0.179. The Hall–Kier alpha value is -0.730. The zero-order valence-corrected chi connectivity index (χ0v) is 13.4. The summed E-state index contributed by atoms with van der Waals surface area (Å²) in [5.74, 6) is 1.80. The maximum atomic E-state index is 12.1. The Bertz CT molecular complexity index is 310. The normalized spacial score (nSPS) is 32.1. The van der Waals surface area contributed by atoms with Crippen molar-refractivity contribution in [3.63, 3.8) is 0 Å². The molecule has 1 N–H and O–H groups in total. The molecule has 3 nitrogen and oxygen atoms in total. The first-order valence-corrected chi connectivity index (χ1v) is 8.53. The molecule has 0 heterocycles. The summed E-state index contributed by atoms with van der Waals surface area (Å²) in [7, 11) is 0. The zero-order chi connectivity index (χ0) is 14.5. The lowest BCUT2D eigenvalue weighted by Crippen LogP contribution is -2.42. The number of hydrogen-bond acceptors (Lipinski definition) is 2. The third kappa shape index (κ3) is 4.39. The summed E-state index contributed by atoms with van der Waals surface area (Å²) in [5, 5.41) is 3.08. The van der Waals surface area contributed by atoms with Crippen molar-refractivity contribution >= 4 is 6.09 Å². The quantitative estimate of drug-likeness (QED) is 0.826. The fraction of sp³-hybridized carbons (Fsp3) is 0.941. The Morgan fingerprint density at radius 1 is 1.10 bits per heavy atom. The Kier molecular flexibility index (Phi) is 5.74. The summed E-state index contributed by atoms with van der Waals surface area (Å²) in [6.07, 6.45) is 9.44. The number of hydrogen-bond donors (Lipinski definition) is 1. The van der Waals surface area contributed by atoms with Gasteiger partial charge in [0.05, 0.1) is 0 Å². The van der Waals surface area contributed by atoms with Crippen molar-refractivity contribution in [2.75, 3.05) is 0 Å². The van der Waals surface area contributed by atoms with Crippen molar-refractivity contribution in [1.82, 2.24) is 5.32 Å². The van der Waals surface area contributed by atoms with Gasteiger partial charge in [-0.3, -0.25) is 0 Å². The van der Waals surface area contributed by atoms with Gasteiger partial charge in [0.15, 0.2) is 0 Å². The molecule has 2 aliphatic carbocycles. The maximum Gasteiger partial charge on any atom is 0.407 e. The van der Waals surface area contributed by atoms with E-state index in [0.717, 1.165) is 19.3 Å². The molecule has 1 amide bonds. The SMILES string of the molecule is CC(C)[C@H]1CC[C@H](C)CC1OC(=O)NC1CCCCC1. The van der Waals surface area contributed by atoms with Crippen molar-refractivity contribution in [2.24, 2.45) is 17.8 Å². The standard InChI is InChI=1S/C17H31NO2/c1-12(2)15-10-9-13(3)11-16(15)20-17(19)18-14-7-5-4-6-8-14/h12-16H,4-11H2,1-3H3,(H,18,19)/t13-,15+,16?/m0/s1. The van der Waals surface area contributed by atoms with Crippen LogP contribution in [-0.4, -0.2) is 18.2 Å². The summed E-state index contributed by atoms with van der Waals surface area (Å²) in [6.45, 7) is 6.76. The van der Waals surface area contributed by atoms with E-state index >= 15 is 0 Å². The molecule has 116 valence electrons. The molecule has 0 aliphatic heterocycles. The first-order valence-electron chi connectivity index (χ1n) is 8.53. The van der Waals surface area contributed by atoms with Crippen molar-refractivity contribution in [3.8, 4) is 0 Å². The maximum absolute atomic E-state index is 12.1. The monoisotopic (exact) mass is 281 g/mol. The number of alkyl carbamates (subject to hydrolysis) is 1. The van der Waals surface area contributed by atoms with E-state index in [1.165, 1.54) is 32.1 Å². The van der Waals surface area contributed by atoms with Crippen LogP contribution in [0.4, 0.5) is 4.79 Å². The second kappa shape index (κ2) is 7.33. The predicted octanol–water partition coefficient (Wildman–Crippen LogP) is 4.51. The van der Waals surface area contributed by atoms with Gasteiger partial charge in [-0.15, -0.1) is 0 Å². The van der Waals surface area contributed by atoms with E-state index in [2.05, 4.69) is 26.1 Å². The smallest absolute Gasteiger partial charge is 0.407 e. The third-order valence-electron chi connectivity index (χ3n) is 5.15. The van der Waals surface area contributed by atoms with Crippen LogP contribution >= 0.6 is 0 Å². The van der Waals surface area contributed by atoms with Gasteiger partial charge in [0.25, 0.3) is 0 Å².